The number of aromatic nitrogens is 3. The van der Waals surface area contributed by atoms with E-state index in [-0.39, 0.29) is 11.7 Å². The van der Waals surface area contributed by atoms with Crippen LogP contribution in [0.1, 0.15) is 11.7 Å². The summed E-state index contributed by atoms with van der Waals surface area (Å²) in [4.78, 5) is 23.4. The van der Waals surface area contributed by atoms with Crippen molar-refractivity contribution in [1.82, 2.24) is 14.5 Å². The number of halogens is 1. The second-order valence-electron chi connectivity index (χ2n) is 6.40. The molecule has 0 bridgehead atoms. The second-order valence-corrected chi connectivity index (χ2v) is 6.81. The Morgan fingerprint density at radius 3 is 2.74 bits per heavy atom. The van der Waals surface area contributed by atoms with E-state index >= 15 is 0 Å². The van der Waals surface area contributed by atoms with Crippen molar-refractivity contribution in [2.75, 3.05) is 24.6 Å². The van der Waals surface area contributed by atoms with Crippen LogP contribution in [0.2, 0.25) is 5.02 Å². The van der Waals surface area contributed by atoms with Gasteiger partial charge in [-0.15, -0.1) is 0 Å². The van der Waals surface area contributed by atoms with Crippen molar-refractivity contribution in [2.45, 2.75) is 6.10 Å². The summed E-state index contributed by atoms with van der Waals surface area (Å²) in [6.45, 7) is 1.76. The molecule has 6 nitrogen and oxygen atoms in total. The SMILES string of the molecule is Cn1c(N2CCO[C@H](c3ccccc3Cl)C2)nc(-c2ccncc2)cc1=O. The van der Waals surface area contributed by atoms with Gasteiger partial charge < -0.3 is 9.64 Å². The third-order valence-corrected chi connectivity index (χ3v) is 5.03. The van der Waals surface area contributed by atoms with Crippen LogP contribution in [0.3, 0.4) is 0 Å². The highest BCUT2D eigenvalue weighted by atomic mass is 35.5. The fourth-order valence-corrected chi connectivity index (χ4v) is 3.49. The van der Waals surface area contributed by atoms with Crippen LogP contribution in [-0.4, -0.2) is 34.2 Å². The van der Waals surface area contributed by atoms with Crippen LogP contribution in [-0.2, 0) is 11.8 Å². The van der Waals surface area contributed by atoms with E-state index in [1.807, 2.05) is 36.4 Å². The molecule has 3 heterocycles. The number of ether oxygens (including phenoxy) is 1. The monoisotopic (exact) mass is 382 g/mol. The third-order valence-electron chi connectivity index (χ3n) is 4.69. The summed E-state index contributed by atoms with van der Waals surface area (Å²) in [6, 6.07) is 12.9. The van der Waals surface area contributed by atoms with E-state index in [0.29, 0.717) is 36.4 Å². The van der Waals surface area contributed by atoms with Crippen molar-refractivity contribution in [3.63, 3.8) is 0 Å². The molecule has 0 aliphatic carbocycles. The molecule has 1 fully saturated rings. The Labute approximate surface area is 162 Å². The lowest BCUT2D eigenvalue weighted by atomic mass is 10.1. The van der Waals surface area contributed by atoms with Crippen LogP contribution in [0.5, 0.6) is 0 Å². The Morgan fingerprint density at radius 1 is 1.19 bits per heavy atom. The average molecular weight is 383 g/mol. The molecule has 1 aliphatic heterocycles. The Hall–Kier alpha value is -2.70. The molecule has 0 saturated carbocycles. The van der Waals surface area contributed by atoms with E-state index in [0.717, 1.165) is 11.1 Å². The van der Waals surface area contributed by atoms with Gasteiger partial charge in [0.15, 0.2) is 0 Å². The fourth-order valence-electron chi connectivity index (χ4n) is 3.24. The normalized spacial score (nSPS) is 17.1. The topological polar surface area (TPSA) is 60.2 Å². The summed E-state index contributed by atoms with van der Waals surface area (Å²) in [5.74, 6) is 0.620. The van der Waals surface area contributed by atoms with Crippen LogP contribution in [0, 0.1) is 0 Å². The molecule has 138 valence electrons. The van der Waals surface area contributed by atoms with Crippen LogP contribution in [0.4, 0.5) is 5.95 Å². The maximum absolute atomic E-state index is 12.5. The highest BCUT2D eigenvalue weighted by molar-refractivity contribution is 6.31. The zero-order valence-electron chi connectivity index (χ0n) is 14.9. The smallest absolute Gasteiger partial charge is 0.255 e. The van der Waals surface area contributed by atoms with E-state index in [1.165, 1.54) is 0 Å². The molecule has 0 unspecified atom stereocenters. The number of morpholine rings is 1. The standard InChI is InChI=1S/C20H19ClN4O2/c1-24-19(26)12-17(14-6-8-22-9-7-14)23-20(24)25-10-11-27-18(13-25)15-4-2-3-5-16(15)21/h2-9,12,18H,10-11,13H2,1H3/t18-/m0/s1. The first-order chi connectivity index (χ1) is 13.1. The minimum atomic E-state index is -0.172. The first-order valence-corrected chi connectivity index (χ1v) is 9.11. The van der Waals surface area contributed by atoms with Crippen molar-refractivity contribution in [2.24, 2.45) is 7.05 Å². The first kappa shape index (κ1) is 17.7. The van der Waals surface area contributed by atoms with Gasteiger partial charge in [0, 0.05) is 48.2 Å². The summed E-state index contributed by atoms with van der Waals surface area (Å²) in [7, 11) is 1.74. The number of benzene rings is 1. The van der Waals surface area contributed by atoms with Gasteiger partial charge in [-0.2, -0.15) is 0 Å². The van der Waals surface area contributed by atoms with Gasteiger partial charge >= 0.3 is 0 Å². The zero-order valence-corrected chi connectivity index (χ0v) is 15.6. The Morgan fingerprint density at radius 2 is 1.96 bits per heavy atom. The third kappa shape index (κ3) is 3.59. The maximum Gasteiger partial charge on any atom is 0.255 e. The largest absolute Gasteiger partial charge is 0.370 e. The Kier molecular flexibility index (Phi) is 4.92. The molecule has 3 aromatic rings. The van der Waals surface area contributed by atoms with Crippen molar-refractivity contribution in [3.05, 3.63) is 75.8 Å². The lowest BCUT2D eigenvalue weighted by Crippen LogP contribution is -2.41. The van der Waals surface area contributed by atoms with Gasteiger partial charge in [-0.05, 0) is 18.2 Å². The Balaban J connectivity index is 1.69. The molecular formula is C20H19ClN4O2. The van der Waals surface area contributed by atoms with E-state index < -0.39 is 0 Å². The lowest BCUT2D eigenvalue weighted by Gasteiger charge is -2.34. The van der Waals surface area contributed by atoms with Gasteiger partial charge in [-0.1, -0.05) is 29.8 Å². The van der Waals surface area contributed by atoms with Gasteiger partial charge in [0.2, 0.25) is 5.95 Å². The van der Waals surface area contributed by atoms with Crippen LogP contribution in [0.25, 0.3) is 11.3 Å². The van der Waals surface area contributed by atoms with E-state index in [1.54, 1.807) is 30.1 Å². The number of anilines is 1. The molecule has 27 heavy (non-hydrogen) atoms. The van der Waals surface area contributed by atoms with Crippen molar-refractivity contribution in [1.29, 1.82) is 0 Å². The number of hydrogen-bond donors (Lipinski definition) is 0. The van der Waals surface area contributed by atoms with Crippen LogP contribution in [0.15, 0.2) is 59.7 Å². The Bertz CT molecular complexity index is 1010. The average Bonchev–Trinajstić information content (AvgIpc) is 2.71. The number of rotatable bonds is 3. The quantitative estimate of drug-likeness (QED) is 0.696. The molecule has 0 N–H and O–H groups in total. The van der Waals surface area contributed by atoms with Crippen molar-refractivity contribution >= 4 is 17.5 Å². The summed E-state index contributed by atoms with van der Waals surface area (Å²) < 4.78 is 7.50. The molecule has 1 aliphatic rings. The van der Waals surface area contributed by atoms with Crippen LogP contribution >= 0.6 is 11.6 Å². The molecule has 1 aromatic carbocycles. The number of hydrogen-bond acceptors (Lipinski definition) is 5. The highest BCUT2D eigenvalue weighted by Gasteiger charge is 2.26. The molecular weight excluding hydrogens is 364 g/mol. The molecule has 1 saturated heterocycles. The van der Waals surface area contributed by atoms with Gasteiger partial charge in [0.1, 0.15) is 6.10 Å². The molecule has 7 heteroatoms. The number of nitrogens with zero attached hydrogens (tertiary/aromatic N) is 4. The fraction of sp³-hybridized carbons (Fsp3) is 0.250. The van der Waals surface area contributed by atoms with Crippen molar-refractivity contribution < 1.29 is 4.74 Å². The van der Waals surface area contributed by atoms with Gasteiger partial charge in [-0.25, -0.2) is 4.98 Å². The molecule has 0 amide bonds. The summed E-state index contributed by atoms with van der Waals surface area (Å²) in [5.41, 5.74) is 2.34. The van der Waals surface area contributed by atoms with E-state index in [9.17, 15) is 4.79 Å². The van der Waals surface area contributed by atoms with Crippen molar-refractivity contribution in [3.8, 4) is 11.3 Å². The number of pyridine rings is 1. The zero-order chi connectivity index (χ0) is 18.8. The van der Waals surface area contributed by atoms with Gasteiger partial charge in [0.05, 0.1) is 18.8 Å². The summed E-state index contributed by atoms with van der Waals surface area (Å²) in [6.07, 6.45) is 3.21. The highest BCUT2D eigenvalue weighted by Crippen LogP contribution is 2.30. The first-order valence-electron chi connectivity index (χ1n) is 8.73. The maximum atomic E-state index is 12.5. The predicted octanol–water partition coefficient (Wildman–Crippen LogP) is 3.07. The molecule has 0 spiro atoms. The van der Waals surface area contributed by atoms with Gasteiger partial charge in [-0.3, -0.25) is 14.3 Å². The molecule has 4 rings (SSSR count). The summed E-state index contributed by atoms with van der Waals surface area (Å²) >= 11 is 6.34. The van der Waals surface area contributed by atoms with E-state index in [4.69, 9.17) is 21.3 Å². The molecule has 1 atom stereocenters. The van der Waals surface area contributed by atoms with Gasteiger partial charge in [0.25, 0.3) is 5.56 Å². The minimum absolute atomic E-state index is 0.104. The molecule has 2 aromatic heterocycles. The predicted molar refractivity (Wildman–Crippen MR) is 105 cm³/mol. The minimum Gasteiger partial charge on any atom is -0.370 e. The van der Waals surface area contributed by atoms with E-state index in [2.05, 4.69) is 9.88 Å². The summed E-state index contributed by atoms with van der Waals surface area (Å²) in [5, 5.41) is 0.678. The second kappa shape index (κ2) is 7.50. The van der Waals surface area contributed by atoms with Crippen LogP contribution < -0.4 is 10.5 Å². The lowest BCUT2D eigenvalue weighted by molar-refractivity contribution is 0.0390. The molecule has 0 radical (unpaired) electrons.